The molecule has 0 radical (unpaired) electrons. The van der Waals surface area contributed by atoms with Gasteiger partial charge >= 0.3 is 17.6 Å². The molecule has 1 rings (SSSR count). The minimum atomic E-state index is -1.21. The first-order valence-corrected chi connectivity index (χ1v) is 5.85. The molecule has 8 heteroatoms. The second-order valence-electron chi connectivity index (χ2n) is 5.17. The van der Waals surface area contributed by atoms with Crippen molar-refractivity contribution in [2.24, 2.45) is 0 Å². The molecule has 0 saturated heterocycles. The predicted molar refractivity (Wildman–Crippen MR) is 68.5 cm³/mol. The Hall–Kier alpha value is -2.38. The molecule has 0 aliphatic carbocycles. The lowest BCUT2D eigenvalue weighted by Crippen LogP contribution is -2.40. The van der Waals surface area contributed by atoms with Crippen LogP contribution in [0.15, 0.2) is 15.8 Å². The van der Waals surface area contributed by atoms with Gasteiger partial charge in [0.05, 0.1) is 6.42 Å². The number of carbonyl (C=O) groups excluding carboxylic acids is 1. The number of H-pyrrole nitrogens is 1. The lowest BCUT2D eigenvalue weighted by atomic mass is 10.2. The standard InChI is InChI=1S/C12H16N2O6/c1-12(2,3)20-9(17)6-14-10(18)7(4-8(15)16)5-13-11(14)19/h5H,4,6H2,1-3H3,(H,13,19)(H,15,16). The number of carboxylic acids is 1. The molecule has 0 bridgehead atoms. The lowest BCUT2D eigenvalue weighted by Gasteiger charge is -2.19. The Morgan fingerprint density at radius 1 is 1.35 bits per heavy atom. The summed E-state index contributed by atoms with van der Waals surface area (Å²) in [4.78, 5) is 47.9. The normalized spacial score (nSPS) is 11.2. The van der Waals surface area contributed by atoms with Crippen LogP contribution in [0.5, 0.6) is 0 Å². The highest BCUT2D eigenvalue weighted by Crippen LogP contribution is 2.06. The number of ether oxygens (including phenoxy) is 1. The third kappa shape index (κ3) is 4.38. The zero-order chi connectivity index (χ0) is 15.5. The van der Waals surface area contributed by atoms with E-state index in [1.54, 1.807) is 20.8 Å². The molecule has 20 heavy (non-hydrogen) atoms. The van der Waals surface area contributed by atoms with Gasteiger partial charge in [0, 0.05) is 11.8 Å². The second kappa shape index (κ2) is 5.72. The molecule has 1 aromatic rings. The van der Waals surface area contributed by atoms with E-state index < -0.39 is 41.8 Å². The minimum absolute atomic E-state index is 0.111. The van der Waals surface area contributed by atoms with Gasteiger partial charge in [-0.05, 0) is 20.8 Å². The third-order valence-electron chi connectivity index (χ3n) is 2.18. The van der Waals surface area contributed by atoms with Crippen LogP contribution in [-0.4, -0.2) is 32.2 Å². The van der Waals surface area contributed by atoms with Crippen LogP contribution in [-0.2, 0) is 27.3 Å². The van der Waals surface area contributed by atoms with Crippen molar-refractivity contribution in [1.29, 1.82) is 0 Å². The summed E-state index contributed by atoms with van der Waals surface area (Å²) >= 11 is 0. The van der Waals surface area contributed by atoms with Crippen molar-refractivity contribution in [3.05, 3.63) is 32.6 Å². The molecule has 1 aromatic heterocycles. The average Bonchev–Trinajstić information content (AvgIpc) is 2.25. The molecule has 8 nitrogen and oxygen atoms in total. The summed E-state index contributed by atoms with van der Waals surface area (Å²) in [5, 5.41) is 8.65. The number of nitrogens with zero attached hydrogens (tertiary/aromatic N) is 1. The van der Waals surface area contributed by atoms with Crippen LogP contribution in [0.4, 0.5) is 0 Å². The molecule has 2 N–H and O–H groups in total. The number of esters is 1. The molecule has 0 saturated carbocycles. The fraction of sp³-hybridized carbons (Fsp3) is 0.500. The number of hydrogen-bond donors (Lipinski definition) is 2. The van der Waals surface area contributed by atoms with Gasteiger partial charge in [-0.3, -0.25) is 14.4 Å². The summed E-state index contributed by atoms with van der Waals surface area (Å²) in [5.41, 5.74) is -2.47. The molecule has 0 aliphatic heterocycles. The SMILES string of the molecule is CC(C)(C)OC(=O)Cn1c(=O)[nH]cc(CC(=O)O)c1=O. The molecule has 110 valence electrons. The van der Waals surface area contributed by atoms with E-state index in [-0.39, 0.29) is 5.56 Å². The van der Waals surface area contributed by atoms with Gasteiger partial charge < -0.3 is 14.8 Å². The fourth-order valence-corrected chi connectivity index (χ4v) is 1.49. The summed E-state index contributed by atoms with van der Waals surface area (Å²) < 4.78 is 5.62. The van der Waals surface area contributed by atoms with Crippen molar-refractivity contribution in [1.82, 2.24) is 9.55 Å². The number of aromatic amines is 1. The summed E-state index contributed by atoms with van der Waals surface area (Å²) in [6, 6.07) is 0. The average molecular weight is 284 g/mol. The van der Waals surface area contributed by atoms with Crippen molar-refractivity contribution in [2.75, 3.05) is 0 Å². The van der Waals surface area contributed by atoms with Gasteiger partial charge in [-0.2, -0.15) is 0 Å². The van der Waals surface area contributed by atoms with Gasteiger partial charge in [-0.15, -0.1) is 0 Å². The highest BCUT2D eigenvalue weighted by atomic mass is 16.6. The minimum Gasteiger partial charge on any atom is -0.481 e. The topological polar surface area (TPSA) is 118 Å². The largest absolute Gasteiger partial charge is 0.481 e. The van der Waals surface area contributed by atoms with Crippen molar-refractivity contribution >= 4 is 11.9 Å². The Labute approximate surface area is 114 Å². The molecule has 0 aromatic carbocycles. The molecule has 1 heterocycles. The van der Waals surface area contributed by atoms with E-state index in [1.807, 2.05) is 0 Å². The monoisotopic (exact) mass is 284 g/mol. The Morgan fingerprint density at radius 3 is 2.45 bits per heavy atom. The molecular weight excluding hydrogens is 268 g/mol. The number of rotatable bonds is 4. The fourth-order valence-electron chi connectivity index (χ4n) is 1.49. The Morgan fingerprint density at radius 2 is 1.95 bits per heavy atom. The van der Waals surface area contributed by atoms with E-state index in [1.165, 1.54) is 0 Å². The molecular formula is C12H16N2O6. The molecule has 0 atom stereocenters. The number of aliphatic carboxylic acids is 1. The first kappa shape index (κ1) is 15.7. The van der Waals surface area contributed by atoms with Crippen LogP contribution >= 0.6 is 0 Å². The van der Waals surface area contributed by atoms with Crippen LogP contribution in [0, 0.1) is 0 Å². The number of carbonyl (C=O) groups is 2. The van der Waals surface area contributed by atoms with Gasteiger partial charge in [-0.25, -0.2) is 9.36 Å². The summed E-state index contributed by atoms with van der Waals surface area (Å²) in [6.07, 6.45) is 0.494. The smallest absolute Gasteiger partial charge is 0.328 e. The maximum absolute atomic E-state index is 11.9. The first-order chi connectivity index (χ1) is 9.10. The maximum atomic E-state index is 11.9. The molecule has 0 aliphatic rings. The second-order valence-corrected chi connectivity index (χ2v) is 5.17. The lowest BCUT2D eigenvalue weighted by molar-refractivity contribution is -0.155. The van der Waals surface area contributed by atoms with Gasteiger partial charge in [0.15, 0.2) is 0 Å². The van der Waals surface area contributed by atoms with Gasteiger partial charge in [0.2, 0.25) is 0 Å². The summed E-state index contributed by atoms with van der Waals surface area (Å²) in [5.74, 6) is -1.96. The highest BCUT2D eigenvalue weighted by molar-refractivity contribution is 5.70. The van der Waals surface area contributed by atoms with Crippen molar-refractivity contribution < 1.29 is 19.4 Å². The molecule has 0 unspecified atom stereocenters. The maximum Gasteiger partial charge on any atom is 0.328 e. The first-order valence-electron chi connectivity index (χ1n) is 5.85. The van der Waals surface area contributed by atoms with Crippen LogP contribution in [0.2, 0.25) is 0 Å². The van der Waals surface area contributed by atoms with Crippen LogP contribution in [0.1, 0.15) is 26.3 Å². The van der Waals surface area contributed by atoms with E-state index in [2.05, 4.69) is 4.98 Å². The summed E-state index contributed by atoms with van der Waals surface area (Å²) in [6.45, 7) is 4.38. The molecule has 0 fully saturated rings. The Kier molecular flexibility index (Phi) is 4.49. The van der Waals surface area contributed by atoms with Crippen LogP contribution in [0.25, 0.3) is 0 Å². The highest BCUT2D eigenvalue weighted by Gasteiger charge is 2.19. The zero-order valence-electron chi connectivity index (χ0n) is 11.4. The van der Waals surface area contributed by atoms with E-state index in [4.69, 9.17) is 9.84 Å². The van der Waals surface area contributed by atoms with Crippen molar-refractivity contribution in [3.8, 4) is 0 Å². The summed E-state index contributed by atoms with van der Waals surface area (Å²) in [7, 11) is 0. The van der Waals surface area contributed by atoms with Crippen LogP contribution < -0.4 is 11.2 Å². The van der Waals surface area contributed by atoms with Crippen LogP contribution in [0.3, 0.4) is 0 Å². The zero-order valence-corrected chi connectivity index (χ0v) is 11.4. The van der Waals surface area contributed by atoms with E-state index in [9.17, 15) is 19.2 Å². The molecule has 0 spiro atoms. The third-order valence-corrected chi connectivity index (χ3v) is 2.18. The predicted octanol–water partition coefficient (Wildman–Crippen LogP) is -0.495. The quantitative estimate of drug-likeness (QED) is 0.720. The number of hydrogen-bond acceptors (Lipinski definition) is 5. The van der Waals surface area contributed by atoms with Crippen molar-refractivity contribution in [3.63, 3.8) is 0 Å². The van der Waals surface area contributed by atoms with E-state index >= 15 is 0 Å². The number of aromatic nitrogens is 2. The number of nitrogens with one attached hydrogen (secondary N) is 1. The number of carboxylic acid groups (broad SMARTS) is 1. The van der Waals surface area contributed by atoms with Gasteiger partial charge in [-0.1, -0.05) is 0 Å². The molecule has 0 amide bonds. The van der Waals surface area contributed by atoms with Gasteiger partial charge in [0.25, 0.3) is 5.56 Å². The Bertz CT molecular complexity index is 635. The Balaban J connectivity index is 3.06. The van der Waals surface area contributed by atoms with Gasteiger partial charge in [0.1, 0.15) is 12.1 Å². The van der Waals surface area contributed by atoms with E-state index in [0.717, 1.165) is 6.20 Å². The van der Waals surface area contributed by atoms with E-state index in [0.29, 0.717) is 4.57 Å². The van der Waals surface area contributed by atoms with Crippen molar-refractivity contribution in [2.45, 2.75) is 39.3 Å².